The molecule has 0 radical (unpaired) electrons. The summed E-state index contributed by atoms with van der Waals surface area (Å²) in [5.41, 5.74) is 2.04. The van der Waals surface area contributed by atoms with Crippen molar-refractivity contribution in [3.63, 3.8) is 0 Å². The average Bonchev–Trinajstić information content (AvgIpc) is 3.22. The van der Waals surface area contributed by atoms with Crippen molar-refractivity contribution in [1.82, 2.24) is 14.8 Å². The number of esters is 1. The van der Waals surface area contributed by atoms with Crippen LogP contribution >= 0.6 is 22.7 Å². The van der Waals surface area contributed by atoms with E-state index in [9.17, 15) is 4.79 Å². The van der Waals surface area contributed by atoms with Gasteiger partial charge in [-0.25, -0.2) is 9.78 Å². The Morgan fingerprint density at radius 1 is 1.24 bits per heavy atom. The molecule has 25 heavy (non-hydrogen) atoms. The Balaban J connectivity index is 1.62. The zero-order valence-corrected chi connectivity index (χ0v) is 16.5. The van der Waals surface area contributed by atoms with Gasteiger partial charge in [0.05, 0.1) is 16.9 Å². The molecule has 0 bridgehead atoms. The minimum absolute atomic E-state index is 0.291. The molecular weight excluding hydrogens is 356 g/mol. The summed E-state index contributed by atoms with van der Waals surface area (Å²) in [6.07, 6.45) is 0. The van der Waals surface area contributed by atoms with E-state index in [1.54, 1.807) is 11.3 Å². The lowest BCUT2D eigenvalue weighted by Crippen LogP contribution is -2.21. The van der Waals surface area contributed by atoms with Gasteiger partial charge in [0.15, 0.2) is 5.13 Å². The lowest BCUT2D eigenvalue weighted by Gasteiger charge is -2.16. The summed E-state index contributed by atoms with van der Waals surface area (Å²) >= 11 is 3.02. The first-order valence-electron chi connectivity index (χ1n) is 8.35. The molecule has 0 aliphatic carbocycles. The number of anilines is 1. The number of aromatic nitrogens is 3. The van der Waals surface area contributed by atoms with E-state index in [2.05, 4.69) is 28.8 Å². The summed E-state index contributed by atoms with van der Waals surface area (Å²) in [5, 5.41) is 5.37. The van der Waals surface area contributed by atoms with Gasteiger partial charge in [0.1, 0.15) is 16.3 Å². The maximum atomic E-state index is 12.2. The molecule has 8 heteroatoms. The molecule has 0 atom stereocenters. The second-order valence-electron chi connectivity index (χ2n) is 5.73. The number of aryl methyl sites for hydroxylation is 2. The Kier molecular flexibility index (Phi) is 5.39. The number of ether oxygens (including phenoxy) is 1. The third-order valence-corrected chi connectivity index (χ3v) is 6.15. The van der Waals surface area contributed by atoms with Crippen molar-refractivity contribution in [1.29, 1.82) is 0 Å². The molecule has 0 saturated carbocycles. The average molecular weight is 379 g/mol. The molecule has 0 spiro atoms. The number of carbonyl (C=O) groups excluding carboxylic acids is 1. The standard InChI is InChI=1S/C17H22N4O2S2/c1-5-20(6-2)17-18-15-13(25-17)10-14(24-15)16(22)23-8-7-21-12(4)9-11(3)19-21/h9-10H,5-8H2,1-4H3. The quantitative estimate of drug-likeness (QED) is 0.584. The number of hydrogen-bond donors (Lipinski definition) is 0. The zero-order chi connectivity index (χ0) is 18.0. The number of fused-ring (bicyclic) bond motifs is 1. The maximum absolute atomic E-state index is 12.2. The van der Waals surface area contributed by atoms with Crippen molar-refractivity contribution < 1.29 is 9.53 Å². The molecule has 3 aromatic rings. The van der Waals surface area contributed by atoms with E-state index in [1.807, 2.05) is 30.7 Å². The highest BCUT2D eigenvalue weighted by molar-refractivity contribution is 7.29. The molecule has 3 rings (SSSR count). The third kappa shape index (κ3) is 3.85. The van der Waals surface area contributed by atoms with Crippen LogP contribution in [0.25, 0.3) is 9.53 Å². The predicted octanol–water partition coefficient (Wildman–Crippen LogP) is 3.87. The summed E-state index contributed by atoms with van der Waals surface area (Å²) in [6, 6.07) is 3.89. The van der Waals surface area contributed by atoms with Crippen molar-refractivity contribution in [2.75, 3.05) is 24.6 Å². The van der Waals surface area contributed by atoms with Gasteiger partial charge in [0, 0.05) is 18.8 Å². The molecular formula is C17H22N4O2S2. The second kappa shape index (κ2) is 7.53. The van der Waals surface area contributed by atoms with E-state index in [0.29, 0.717) is 18.0 Å². The summed E-state index contributed by atoms with van der Waals surface area (Å²) < 4.78 is 8.29. The van der Waals surface area contributed by atoms with E-state index in [4.69, 9.17) is 4.74 Å². The Morgan fingerprint density at radius 2 is 2.00 bits per heavy atom. The van der Waals surface area contributed by atoms with Gasteiger partial charge in [-0.2, -0.15) is 5.10 Å². The van der Waals surface area contributed by atoms with Gasteiger partial charge in [-0.05, 0) is 39.8 Å². The van der Waals surface area contributed by atoms with Crippen LogP contribution < -0.4 is 4.90 Å². The van der Waals surface area contributed by atoms with Crippen LogP contribution in [0.1, 0.15) is 34.9 Å². The molecule has 3 aromatic heterocycles. The number of thiophene rings is 1. The fraction of sp³-hybridized carbons (Fsp3) is 0.471. The van der Waals surface area contributed by atoms with Crippen LogP contribution in [0.5, 0.6) is 0 Å². The van der Waals surface area contributed by atoms with Crippen molar-refractivity contribution in [2.45, 2.75) is 34.2 Å². The smallest absolute Gasteiger partial charge is 0.348 e. The summed E-state index contributed by atoms with van der Waals surface area (Å²) in [7, 11) is 0. The molecule has 0 saturated heterocycles. The van der Waals surface area contributed by atoms with Crippen LogP contribution in [-0.4, -0.2) is 40.4 Å². The highest BCUT2D eigenvalue weighted by Gasteiger charge is 2.17. The fourth-order valence-electron chi connectivity index (χ4n) is 2.65. The molecule has 0 aliphatic heterocycles. The van der Waals surface area contributed by atoms with E-state index in [-0.39, 0.29) is 5.97 Å². The first kappa shape index (κ1) is 17.9. The summed E-state index contributed by atoms with van der Waals surface area (Å²) in [6.45, 7) is 10.9. The lowest BCUT2D eigenvalue weighted by atomic mass is 10.4. The number of carbonyl (C=O) groups is 1. The Bertz CT molecular complexity index is 845. The fourth-order valence-corrected chi connectivity index (χ4v) is 4.88. The van der Waals surface area contributed by atoms with Crippen LogP contribution in [0.2, 0.25) is 0 Å². The predicted molar refractivity (Wildman–Crippen MR) is 103 cm³/mol. The van der Waals surface area contributed by atoms with Crippen molar-refractivity contribution in [3.8, 4) is 0 Å². The first-order valence-corrected chi connectivity index (χ1v) is 9.98. The lowest BCUT2D eigenvalue weighted by molar-refractivity contribution is 0.0493. The summed E-state index contributed by atoms with van der Waals surface area (Å²) in [4.78, 5) is 20.6. The van der Waals surface area contributed by atoms with Crippen LogP contribution in [0.3, 0.4) is 0 Å². The Labute approximate surface area is 155 Å². The normalized spacial score (nSPS) is 11.2. The van der Waals surface area contributed by atoms with Gasteiger partial charge in [-0.1, -0.05) is 11.3 Å². The molecule has 0 unspecified atom stereocenters. The summed E-state index contributed by atoms with van der Waals surface area (Å²) in [5.74, 6) is -0.291. The maximum Gasteiger partial charge on any atom is 0.348 e. The number of thiazole rings is 1. The Hall–Kier alpha value is -1.93. The second-order valence-corrected chi connectivity index (χ2v) is 7.77. The highest BCUT2D eigenvalue weighted by atomic mass is 32.1. The largest absolute Gasteiger partial charge is 0.460 e. The van der Waals surface area contributed by atoms with Crippen LogP contribution in [0.4, 0.5) is 5.13 Å². The van der Waals surface area contributed by atoms with Gasteiger partial charge in [-0.3, -0.25) is 4.68 Å². The minimum Gasteiger partial charge on any atom is -0.460 e. The minimum atomic E-state index is -0.291. The first-order chi connectivity index (χ1) is 12.0. The van der Waals surface area contributed by atoms with E-state index < -0.39 is 0 Å². The van der Waals surface area contributed by atoms with Gasteiger partial charge in [0.25, 0.3) is 0 Å². The molecule has 3 heterocycles. The van der Waals surface area contributed by atoms with Gasteiger partial charge in [0.2, 0.25) is 0 Å². The molecule has 6 nitrogen and oxygen atoms in total. The zero-order valence-electron chi connectivity index (χ0n) is 14.9. The van der Waals surface area contributed by atoms with Crippen molar-refractivity contribution in [3.05, 3.63) is 28.4 Å². The topological polar surface area (TPSA) is 60.3 Å². The van der Waals surface area contributed by atoms with Gasteiger partial charge >= 0.3 is 5.97 Å². The van der Waals surface area contributed by atoms with E-state index in [0.717, 1.165) is 39.1 Å². The number of nitrogens with zero attached hydrogens (tertiary/aromatic N) is 4. The van der Waals surface area contributed by atoms with E-state index in [1.165, 1.54) is 11.3 Å². The number of rotatable bonds is 7. The molecule has 0 amide bonds. The van der Waals surface area contributed by atoms with Crippen molar-refractivity contribution in [2.24, 2.45) is 0 Å². The molecule has 0 fully saturated rings. The van der Waals surface area contributed by atoms with Crippen LogP contribution in [0.15, 0.2) is 12.1 Å². The molecule has 134 valence electrons. The molecule has 0 aromatic carbocycles. The Morgan fingerprint density at radius 3 is 2.60 bits per heavy atom. The molecule has 0 N–H and O–H groups in total. The highest BCUT2D eigenvalue weighted by Crippen LogP contribution is 2.34. The van der Waals surface area contributed by atoms with Gasteiger partial charge in [-0.15, -0.1) is 11.3 Å². The third-order valence-electron chi connectivity index (χ3n) is 3.95. The molecule has 0 aliphatic rings. The van der Waals surface area contributed by atoms with Crippen LogP contribution in [-0.2, 0) is 11.3 Å². The van der Waals surface area contributed by atoms with E-state index >= 15 is 0 Å². The SMILES string of the molecule is CCN(CC)c1nc2sc(C(=O)OCCn3nc(C)cc3C)cc2s1. The van der Waals surface area contributed by atoms with Gasteiger partial charge < -0.3 is 9.64 Å². The van der Waals surface area contributed by atoms with Crippen LogP contribution in [0, 0.1) is 13.8 Å². The monoisotopic (exact) mass is 378 g/mol. The number of hydrogen-bond acceptors (Lipinski definition) is 7. The van der Waals surface area contributed by atoms with Crippen molar-refractivity contribution >= 4 is 43.3 Å².